The lowest BCUT2D eigenvalue weighted by molar-refractivity contribution is 0.0957. The van der Waals surface area contributed by atoms with Crippen LogP contribution in [0.1, 0.15) is 15.9 Å². The molecule has 0 bridgehead atoms. The molecule has 0 aromatic heterocycles. The number of hydrazone groups is 1. The molecule has 0 unspecified atom stereocenters. The summed E-state index contributed by atoms with van der Waals surface area (Å²) in [5.74, 6) is 0.113. The highest BCUT2D eigenvalue weighted by atomic mass is 16.5. The van der Waals surface area contributed by atoms with Crippen molar-refractivity contribution in [3.8, 4) is 11.5 Å². The van der Waals surface area contributed by atoms with E-state index in [-0.39, 0.29) is 11.7 Å². The van der Waals surface area contributed by atoms with Crippen molar-refractivity contribution >= 4 is 22.9 Å². The van der Waals surface area contributed by atoms with Gasteiger partial charge in [0, 0.05) is 5.56 Å². The Hall–Kier alpha value is -3.34. The lowest BCUT2D eigenvalue weighted by Crippen LogP contribution is -2.17. The number of amides is 1. The molecule has 0 saturated carbocycles. The predicted molar refractivity (Wildman–Crippen MR) is 93.7 cm³/mol. The average Bonchev–Trinajstić information content (AvgIpc) is 2.62. The third kappa shape index (κ3) is 3.20. The zero-order chi connectivity index (χ0) is 16.9. The van der Waals surface area contributed by atoms with E-state index in [2.05, 4.69) is 10.5 Å². The monoisotopic (exact) mass is 320 g/mol. The van der Waals surface area contributed by atoms with Gasteiger partial charge in [-0.25, -0.2) is 5.43 Å². The molecule has 0 aliphatic heterocycles. The number of methoxy groups -OCH3 is 1. The number of carbonyl (C=O) groups excluding carboxylic acids is 1. The number of benzene rings is 3. The molecule has 0 aliphatic rings. The molecule has 0 spiro atoms. The van der Waals surface area contributed by atoms with Crippen LogP contribution in [0.5, 0.6) is 11.5 Å². The Bertz CT molecular complexity index is 914. The van der Waals surface area contributed by atoms with Crippen LogP contribution in [-0.4, -0.2) is 24.3 Å². The fraction of sp³-hybridized carbons (Fsp3) is 0.0526. The van der Waals surface area contributed by atoms with Crippen LogP contribution in [0.4, 0.5) is 0 Å². The van der Waals surface area contributed by atoms with Gasteiger partial charge in [0.1, 0.15) is 0 Å². The van der Waals surface area contributed by atoms with Crippen molar-refractivity contribution in [2.45, 2.75) is 0 Å². The average molecular weight is 320 g/mol. The van der Waals surface area contributed by atoms with E-state index in [0.717, 1.165) is 10.8 Å². The molecule has 5 nitrogen and oxygen atoms in total. The molecule has 0 radical (unpaired) electrons. The van der Waals surface area contributed by atoms with Crippen LogP contribution in [0.3, 0.4) is 0 Å². The van der Waals surface area contributed by atoms with Gasteiger partial charge >= 0.3 is 0 Å². The number of phenols is 1. The Morgan fingerprint density at radius 3 is 2.75 bits per heavy atom. The maximum atomic E-state index is 12.3. The highest BCUT2D eigenvalue weighted by molar-refractivity contribution is 6.07. The van der Waals surface area contributed by atoms with Crippen molar-refractivity contribution < 1.29 is 14.6 Å². The molecule has 0 atom stereocenters. The van der Waals surface area contributed by atoms with Crippen molar-refractivity contribution in [2.24, 2.45) is 5.10 Å². The third-order valence-electron chi connectivity index (χ3n) is 3.62. The molecular formula is C19H16N2O3. The van der Waals surface area contributed by atoms with E-state index in [9.17, 15) is 9.90 Å². The van der Waals surface area contributed by atoms with Gasteiger partial charge in [0.2, 0.25) is 0 Å². The van der Waals surface area contributed by atoms with Crippen LogP contribution in [-0.2, 0) is 0 Å². The number of aromatic hydroxyl groups is 1. The van der Waals surface area contributed by atoms with E-state index in [1.165, 1.54) is 19.4 Å². The Morgan fingerprint density at radius 1 is 1.12 bits per heavy atom. The van der Waals surface area contributed by atoms with Crippen molar-refractivity contribution in [1.82, 2.24) is 5.43 Å². The molecule has 3 aromatic carbocycles. The van der Waals surface area contributed by atoms with Gasteiger partial charge in [-0.3, -0.25) is 4.79 Å². The summed E-state index contributed by atoms with van der Waals surface area (Å²) in [7, 11) is 1.47. The van der Waals surface area contributed by atoms with E-state index >= 15 is 0 Å². The second-order valence-corrected chi connectivity index (χ2v) is 5.16. The standard InChI is InChI=1S/C19H16N2O3/c1-24-18-11-13(9-10-17(18)22)12-20-21-19(23)16-8-4-6-14-5-2-3-7-15(14)16/h2-12,22H,1H3,(H,21,23)/b20-12-. The van der Waals surface area contributed by atoms with E-state index < -0.39 is 0 Å². The summed E-state index contributed by atoms with van der Waals surface area (Å²) in [5.41, 5.74) is 3.78. The number of carbonyl (C=O) groups is 1. The second kappa shape index (κ2) is 6.83. The molecule has 1 amide bonds. The number of fused-ring (bicyclic) bond motifs is 1. The van der Waals surface area contributed by atoms with Gasteiger partial charge in [0.05, 0.1) is 13.3 Å². The minimum Gasteiger partial charge on any atom is -0.504 e. The van der Waals surface area contributed by atoms with Crippen LogP contribution < -0.4 is 10.2 Å². The number of nitrogens with zero attached hydrogens (tertiary/aromatic N) is 1. The van der Waals surface area contributed by atoms with Crippen LogP contribution in [0.2, 0.25) is 0 Å². The summed E-state index contributed by atoms with van der Waals surface area (Å²) in [6, 6.07) is 18.0. The van der Waals surface area contributed by atoms with Gasteiger partial charge in [-0.05, 0) is 40.6 Å². The molecule has 24 heavy (non-hydrogen) atoms. The molecule has 2 N–H and O–H groups in total. The van der Waals surface area contributed by atoms with Gasteiger partial charge in [0.25, 0.3) is 5.91 Å². The van der Waals surface area contributed by atoms with E-state index in [1.54, 1.807) is 18.2 Å². The van der Waals surface area contributed by atoms with Gasteiger partial charge in [0.15, 0.2) is 11.5 Å². The van der Waals surface area contributed by atoms with E-state index in [0.29, 0.717) is 16.9 Å². The van der Waals surface area contributed by atoms with Crippen LogP contribution >= 0.6 is 0 Å². The Balaban J connectivity index is 1.77. The normalized spacial score (nSPS) is 10.9. The zero-order valence-electron chi connectivity index (χ0n) is 13.1. The number of hydrogen-bond donors (Lipinski definition) is 2. The topological polar surface area (TPSA) is 70.9 Å². The predicted octanol–water partition coefficient (Wildman–Crippen LogP) is 3.32. The minimum absolute atomic E-state index is 0.0504. The van der Waals surface area contributed by atoms with Crippen LogP contribution in [0.15, 0.2) is 65.8 Å². The number of nitrogens with one attached hydrogen (secondary N) is 1. The maximum Gasteiger partial charge on any atom is 0.271 e. The fourth-order valence-electron chi connectivity index (χ4n) is 2.42. The molecule has 0 fully saturated rings. The molecule has 5 heteroatoms. The highest BCUT2D eigenvalue weighted by Gasteiger charge is 2.08. The summed E-state index contributed by atoms with van der Waals surface area (Å²) in [4.78, 5) is 12.3. The second-order valence-electron chi connectivity index (χ2n) is 5.16. The van der Waals surface area contributed by atoms with Crippen molar-refractivity contribution in [3.05, 3.63) is 71.8 Å². The molecule has 120 valence electrons. The van der Waals surface area contributed by atoms with Crippen LogP contribution in [0.25, 0.3) is 10.8 Å². The molecule has 3 rings (SSSR count). The first-order valence-corrected chi connectivity index (χ1v) is 7.37. The quantitative estimate of drug-likeness (QED) is 0.572. The van der Waals surface area contributed by atoms with Gasteiger partial charge in [-0.2, -0.15) is 5.10 Å². The largest absolute Gasteiger partial charge is 0.504 e. The maximum absolute atomic E-state index is 12.3. The highest BCUT2D eigenvalue weighted by Crippen LogP contribution is 2.25. The SMILES string of the molecule is COc1cc(/C=N\NC(=O)c2cccc3ccccc23)ccc1O. The number of rotatable bonds is 4. The number of ether oxygens (including phenoxy) is 1. The summed E-state index contributed by atoms with van der Waals surface area (Å²) in [6.07, 6.45) is 1.49. The Kier molecular flexibility index (Phi) is 4.43. The first kappa shape index (κ1) is 15.6. The smallest absolute Gasteiger partial charge is 0.271 e. The van der Waals surface area contributed by atoms with Crippen molar-refractivity contribution in [3.63, 3.8) is 0 Å². The molecule has 0 aliphatic carbocycles. The first-order valence-electron chi connectivity index (χ1n) is 7.37. The number of phenolic OH excluding ortho intramolecular Hbond substituents is 1. The third-order valence-corrected chi connectivity index (χ3v) is 3.62. The minimum atomic E-state index is -0.284. The van der Waals surface area contributed by atoms with E-state index in [4.69, 9.17) is 4.74 Å². The molecular weight excluding hydrogens is 304 g/mol. The number of hydrogen-bond acceptors (Lipinski definition) is 4. The zero-order valence-corrected chi connectivity index (χ0v) is 13.1. The molecule has 0 heterocycles. The fourth-order valence-corrected chi connectivity index (χ4v) is 2.42. The summed E-state index contributed by atoms with van der Waals surface area (Å²) in [5, 5.41) is 15.4. The Labute approximate surface area is 139 Å². The summed E-state index contributed by atoms with van der Waals surface area (Å²) < 4.78 is 5.03. The lowest BCUT2D eigenvalue weighted by atomic mass is 10.0. The van der Waals surface area contributed by atoms with Gasteiger partial charge in [-0.1, -0.05) is 36.4 Å². The summed E-state index contributed by atoms with van der Waals surface area (Å²) >= 11 is 0. The van der Waals surface area contributed by atoms with Crippen molar-refractivity contribution in [1.29, 1.82) is 0 Å². The van der Waals surface area contributed by atoms with E-state index in [1.807, 2.05) is 36.4 Å². The lowest BCUT2D eigenvalue weighted by Gasteiger charge is -2.05. The Morgan fingerprint density at radius 2 is 1.92 bits per heavy atom. The van der Waals surface area contributed by atoms with Gasteiger partial charge < -0.3 is 9.84 Å². The van der Waals surface area contributed by atoms with Crippen LogP contribution in [0, 0.1) is 0 Å². The molecule has 3 aromatic rings. The first-order chi connectivity index (χ1) is 11.7. The molecule has 0 saturated heterocycles. The van der Waals surface area contributed by atoms with Gasteiger partial charge in [-0.15, -0.1) is 0 Å². The summed E-state index contributed by atoms with van der Waals surface area (Å²) in [6.45, 7) is 0. The van der Waals surface area contributed by atoms with Crippen molar-refractivity contribution in [2.75, 3.05) is 7.11 Å².